The summed E-state index contributed by atoms with van der Waals surface area (Å²) in [6.07, 6.45) is 1.70. The van der Waals surface area contributed by atoms with Gasteiger partial charge in [0.05, 0.1) is 17.9 Å². The molecule has 5 heteroatoms. The Hall–Kier alpha value is -0.880. The average Bonchev–Trinajstić information content (AvgIpc) is 2.84. The minimum absolute atomic E-state index is 0.166. The summed E-state index contributed by atoms with van der Waals surface area (Å²) in [4.78, 5) is 4.66. The standard InChI is InChI=1S/C14H25N3O2/c1-14(2,18)11-16-5-7-17(8-6-16)12(10-15)13-4-3-9-19-13/h3-4,9,12,18H,5-8,10-11,15H2,1-2H3. The van der Waals surface area contributed by atoms with E-state index in [-0.39, 0.29) is 6.04 Å². The number of hydrogen-bond donors (Lipinski definition) is 2. The molecule has 1 atom stereocenters. The van der Waals surface area contributed by atoms with Gasteiger partial charge in [-0.15, -0.1) is 0 Å². The molecule has 0 spiro atoms. The van der Waals surface area contributed by atoms with Gasteiger partial charge >= 0.3 is 0 Å². The van der Waals surface area contributed by atoms with E-state index in [2.05, 4.69) is 9.80 Å². The van der Waals surface area contributed by atoms with Crippen molar-refractivity contribution >= 4 is 0 Å². The van der Waals surface area contributed by atoms with E-state index in [0.717, 1.165) is 38.5 Å². The molecule has 108 valence electrons. The third-order valence-electron chi connectivity index (χ3n) is 3.55. The Morgan fingerprint density at radius 2 is 2.05 bits per heavy atom. The maximum atomic E-state index is 9.85. The van der Waals surface area contributed by atoms with Gasteiger partial charge in [-0.3, -0.25) is 9.80 Å². The van der Waals surface area contributed by atoms with Crippen LogP contribution < -0.4 is 5.73 Å². The second-order valence-electron chi connectivity index (χ2n) is 5.89. The van der Waals surface area contributed by atoms with Crippen LogP contribution in [0.5, 0.6) is 0 Å². The highest BCUT2D eigenvalue weighted by atomic mass is 16.3. The zero-order chi connectivity index (χ0) is 13.9. The Morgan fingerprint density at radius 1 is 1.37 bits per heavy atom. The van der Waals surface area contributed by atoms with Crippen molar-refractivity contribution in [2.75, 3.05) is 39.3 Å². The third-order valence-corrected chi connectivity index (χ3v) is 3.55. The van der Waals surface area contributed by atoms with Gasteiger partial charge in [0, 0.05) is 39.3 Å². The highest BCUT2D eigenvalue weighted by molar-refractivity contribution is 5.05. The van der Waals surface area contributed by atoms with Gasteiger partial charge < -0.3 is 15.3 Å². The topological polar surface area (TPSA) is 65.9 Å². The molecule has 2 heterocycles. The molecular weight excluding hydrogens is 242 g/mol. The molecule has 1 aromatic rings. The van der Waals surface area contributed by atoms with Crippen LogP contribution >= 0.6 is 0 Å². The predicted octanol–water partition coefficient (Wildman–Crippen LogP) is 0.668. The van der Waals surface area contributed by atoms with E-state index in [9.17, 15) is 5.11 Å². The number of furan rings is 1. The van der Waals surface area contributed by atoms with Crippen LogP contribution in [-0.2, 0) is 0 Å². The van der Waals surface area contributed by atoms with Crippen LogP contribution in [0.1, 0.15) is 25.6 Å². The summed E-state index contributed by atoms with van der Waals surface area (Å²) in [7, 11) is 0. The zero-order valence-corrected chi connectivity index (χ0v) is 11.9. The lowest BCUT2D eigenvalue weighted by Gasteiger charge is -2.39. The fourth-order valence-corrected chi connectivity index (χ4v) is 2.71. The normalized spacial score (nSPS) is 20.6. The summed E-state index contributed by atoms with van der Waals surface area (Å²) < 4.78 is 5.47. The highest BCUT2D eigenvalue weighted by Crippen LogP contribution is 2.22. The van der Waals surface area contributed by atoms with Gasteiger partial charge in [0.1, 0.15) is 5.76 Å². The smallest absolute Gasteiger partial charge is 0.122 e. The number of hydrogen-bond acceptors (Lipinski definition) is 5. The van der Waals surface area contributed by atoms with Gasteiger partial charge in [0.2, 0.25) is 0 Å². The number of β-amino-alcohol motifs (C(OH)–C–C–N with tert-alkyl or cyclic N) is 1. The monoisotopic (exact) mass is 267 g/mol. The van der Waals surface area contributed by atoms with Gasteiger partial charge in [-0.1, -0.05) is 0 Å². The van der Waals surface area contributed by atoms with Crippen molar-refractivity contribution < 1.29 is 9.52 Å². The molecule has 1 unspecified atom stereocenters. The van der Waals surface area contributed by atoms with Crippen molar-refractivity contribution in [3.8, 4) is 0 Å². The first-order chi connectivity index (χ1) is 8.99. The molecule has 0 radical (unpaired) electrons. The van der Waals surface area contributed by atoms with Gasteiger partial charge in [-0.05, 0) is 26.0 Å². The molecule has 1 saturated heterocycles. The Kier molecular flexibility index (Phi) is 4.62. The van der Waals surface area contributed by atoms with E-state index in [1.54, 1.807) is 6.26 Å². The minimum atomic E-state index is -0.629. The van der Waals surface area contributed by atoms with Crippen molar-refractivity contribution in [1.82, 2.24) is 9.80 Å². The molecule has 0 bridgehead atoms. The van der Waals surface area contributed by atoms with Crippen LogP contribution in [0.4, 0.5) is 0 Å². The molecule has 0 amide bonds. The molecular formula is C14H25N3O2. The molecule has 0 aliphatic carbocycles. The maximum absolute atomic E-state index is 9.85. The van der Waals surface area contributed by atoms with Crippen molar-refractivity contribution in [3.05, 3.63) is 24.2 Å². The number of piperazine rings is 1. The summed E-state index contributed by atoms with van der Waals surface area (Å²) in [6.45, 7) is 8.82. The van der Waals surface area contributed by atoms with Gasteiger partial charge in [-0.2, -0.15) is 0 Å². The predicted molar refractivity (Wildman–Crippen MR) is 74.8 cm³/mol. The lowest BCUT2D eigenvalue weighted by Crippen LogP contribution is -2.52. The molecule has 19 heavy (non-hydrogen) atoms. The second kappa shape index (κ2) is 6.05. The first kappa shape index (κ1) is 14.5. The van der Waals surface area contributed by atoms with E-state index in [1.807, 2.05) is 26.0 Å². The second-order valence-corrected chi connectivity index (χ2v) is 5.89. The lowest BCUT2D eigenvalue weighted by atomic mass is 10.1. The summed E-state index contributed by atoms with van der Waals surface area (Å²) in [5.41, 5.74) is 5.25. The number of nitrogens with two attached hydrogens (primary N) is 1. The van der Waals surface area contributed by atoms with E-state index < -0.39 is 5.60 Å². The summed E-state index contributed by atoms with van der Waals surface area (Å²) in [6, 6.07) is 4.06. The molecule has 5 nitrogen and oxygen atoms in total. The molecule has 1 fully saturated rings. The summed E-state index contributed by atoms with van der Waals surface area (Å²) >= 11 is 0. The van der Waals surface area contributed by atoms with Crippen LogP contribution in [0.15, 0.2) is 22.8 Å². The molecule has 0 aromatic carbocycles. The first-order valence-electron chi connectivity index (χ1n) is 6.92. The van der Waals surface area contributed by atoms with Crippen LogP contribution in [0.2, 0.25) is 0 Å². The van der Waals surface area contributed by atoms with E-state index in [4.69, 9.17) is 10.2 Å². The quantitative estimate of drug-likeness (QED) is 0.821. The van der Waals surface area contributed by atoms with Crippen molar-refractivity contribution in [3.63, 3.8) is 0 Å². The summed E-state index contributed by atoms with van der Waals surface area (Å²) in [5.74, 6) is 0.943. The average molecular weight is 267 g/mol. The van der Waals surface area contributed by atoms with E-state index in [1.165, 1.54) is 0 Å². The Labute approximate surface area is 115 Å². The Morgan fingerprint density at radius 3 is 2.53 bits per heavy atom. The largest absolute Gasteiger partial charge is 0.468 e. The third kappa shape index (κ3) is 4.04. The number of rotatable bonds is 5. The Balaban J connectivity index is 1.88. The van der Waals surface area contributed by atoms with Crippen LogP contribution in [0, 0.1) is 0 Å². The molecule has 1 aliphatic heterocycles. The lowest BCUT2D eigenvalue weighted by molar-refractivity contribution is 0.00960. The zero-order valence-electron chi connectivity index (χ0n) is 11.9. The van der Waals surface area contributed by atoms with Crippen LogP contribution in [0.3, 0.4) is 0 Å². The highest BCUT2D eigenvalue weighted by Gasteiger charge is 2.27. The van der Waals surface area contributed by atoms with E-state index in [0.29, 0.717) is 6.54 Å². The molecule has 0 saturated carbocycles. The minimum Gasteiger partial charge on any atom is -0.468 e. The van der Waals surface area contributed by atoms with Crippen LogP contribution in [-0.4, -0.2) is 59.8 Å². The van der Waals surface area contributed by atoms with Crippen LogP contribution in [0.25, 0.3) is 0 Å². The van der Waals surface area contributed by atoms with E-state index >= 15 is 0 Å². The first-order valence-corrected chi connectivity index (χ1v) is 6.92. The SMILES string of the molecule is CC(C)(O)CN1CCN(C(CN)c2ccco2)CC1. The molecule has 2 rings (SSSR count). The van der Waals surface area contributed by atoms with Crippen molar-refractivity contribution in [2.24, 2.45) is 5.73 Å². The molecule has 1 aliphatic rings. The summed E-state index contributed by atoms with van der Waals surface area (Å²) in [5, 5.41) is 9.85. The Bertz CT molecular complexity index is 365. The fourth-order valence-electron chi connectivity index (χ4n) is 2.71. The number of aliphatic hydroxyl groups is 1. The van der Waals surface area contributed by atoms with Crippen molar-refractivity contribution in [1.29, 1.82) is 0 Å². The maximum Gasteiger partial charge on any atom is 0.122 e. The van der Waals surface area contributed by atoms with Crippen molar-refractivity contribution in [2.45, 2.75) is 25.5 Å². The van der Waals surface area contributed by atoms with Gasteiger partial charge in [0.15, 0.2) is 0 Å². The van der Waals surface area contributed by atoms with Gasteiger partial charge in [-0.25, -0.2) is 0 Å². The molecule has 3 N–H and O–H groups in total. The van der Waals surface area contributed by atoms with Gasteiger partial charge in [0.25, 0.3) is 0 Å². The molecule has 1 aromatic heterocycles. The number of nitrogens with zero attached hydrogens (tertiary/aromatic N) is 2. The fraction of sp³-hybridized carbons (Fsp3) is 0.714.